The van der Waals surface area contributed by atoms with E-state index in [1.807, 2.05) is 44.2 Å². The van der Waals surface area contributed by atoms with Crippen LogP contribution in [0.25, 0.3) is 0 Å². The molecule has 29 heavy (non-hydrogen) atoms. The first kappa shape index (κ1) is 22.8. The summed E-state index contributed by atoms with van der Waals surface area (Å²) >= 11 is 5.87. The molecule has 2 amide bonds. The van der Waals surface area contributed by atoms with Gasteiger partial charge in [-0.2, -0.15) is 0 Å². The van der Waals surface area contributed by atoms with Gasteiger partial charge < -0.3 is 15.0 Å². The van der Waals surface area contributed by atoms with Crippen molar-refractivity contribution in [3.8, 4) is 5.75 Å². The number of ether oxygens (including phenoxy) is 1. The molecule has 156 valence electrons. The van der Waals surface area contributed by atoms with Crippen LogP contribution in [0.4, 0.5) is 0 Å². The number of nitrogens with one attached hydrogen (secondary N) is 1. The molecule has 0 aliphatic rings. The van der Waals surface area contributed by atoms with Crippen LogP contribution in [0.5, 0.6) is 5.75 Å². The number of amides is 2. The van der Waals surface area contributed by atoms with Crippen LogP contribution in [-0.4, -0.2) is 35.9 Å². The number of carbonyl (C=O) groups excluding carboxylic acids is 2. The van der Waals surface area contributed by atoms with Gasteiger partial charge in [-0.15, -0.1) is 0 Å². The molecule has 0 saturated carbocycles. The van der Waals surface area contributed by atoms with E-state index in [9.17, 15) is 9.59 Å². The monoisotopic (exact) mass is 416 g/mol. The van der Waals surface area contributed by atoms with E-state index in [-0.39, 0.29) is 11.8 Å². The lowest BCUT2D eigenvalue weighted by molar-refractivity contribution is -0.141. The number of nitrogens with zero attached hydrogens (tertiary/aromatic N) is 1. The minimum Gasteiger partial charge on any atom is -0.494 e. The van der Waals surface area contributed by atoms with Crippen molar-refractivity contribution in [3.63, 3.8) is 0 Å². The van der Waals surface area contributed by atoms with E-state index in [0.29, 0.717) is 44.0 Å². The standard InChI is InChI=1S/C23H29ClN2O3/c1-3-21(23(28)25-4-2)26(17-18-9-6-5-7-10-18)22(27)11-8-16-29-20-14-12-19(24)13-15-20/h5-7,9-10,12-15,21H,3-4,8,11,16-17H2,1-2H3,(H,25,28)/t21-/m0/s1. The van der Waals surface area contributed by atoms with Crippen molar-refractivity contribution in [2.75, 3.05) is 13.2 Å². The Hall–Kier alpha value is -2.53. The fourth-order valence-corrected chi connectivity index (χ4v) is 3.21. The second kappa shape index (κ2) is 12.1. The fourth-order valence-electron chi connectivity index (χ4n) is 3.08. The first-order valence-corrected chi connectivity index (χ1v) is 10.4. The molecule has 6 heteroatoms. The van der Waals surface area contributed by atoms with Crippen molar-refractivity contribution in [1.29, 1.82) is 0 Å². The van der Waals surface area contributed by atoms with Crippen LogP contribution < -0.4 is 10.1 Å². The summed E-state index contributed by atoms with van der Waals surface area (Å²) in [5.74, 6) is 0.556. The Kier molecular flexibility index (Phi) is 9.51. The van der Waals surface area contributed by atoms with Gasteiger partial charge >= 0.3 is 0 Å². The number of benzene rings is 2. The smallest absolute Gasteiger partial charge is 0.242 e. The van der Waals surface area contributed by atoms with Gasteiger partial charge in [0.05, 0.1) is 6.61 Å². The van der Waals surface area contributed by atoms with E-state index >= 15 is 0 Å². The quantitative estimate of drug-likeness (QED) is 0.551. The molecule has 0 aliphatic carbocycles. The number of hydrogen-bond donors (Lipinski definition) is 1. The molecule has 0 aliphatic heterocycles. The average molecular weight is 417 g/mol. The number of carbonyl (C=O) groups is 2. The maximum atomic E-state index is 13.0. The number of likely N-dealkylation sites (N-methyl/N-ethyl adjacent to an activating group) is 1. The van der Waals surface area contributed by atoms with Gasteiger partial charge in [0.25, 0.3) is 0 Å². The zero-order valence-electron chi connectivity index (χ0n) is 17.1. The minimum atomic E-state index is -0.486. The lowest BCUT2D eigenvalue weighted by Crippen LogP contribution is -2.49. The molecule has 0 radical (unpaired) electrons. The van der Waals surface area contributed by atoms with Gasteiger partial charge in [0, 0.05) is 24.5 Å². The third-order valence-electron chi connectivity index (χ3n) is 4.55. The molecule has 1 atom stereocenters. The molecule has 0 aromatic heterocycles. The van der Waals surface area contributed by atoms with Crippen LogP contribution in [-0.2, 0) is 16.1 Å². The first-order chi connectivity index (χ1) is 14.0. The second-order valence-electron chi connectivity index (χ2n) is 6.73. The maximum Gasteiger partial charge on any atom is 0.242 e. The second-order valence-corrected chi connectivity index (χ2v) is 7.17. The summed E-state index contributed by atoms with van der Waals surface area (Å²) in [6.45, 7) is 5.17. The van der Waals surface area contributed by atoms with Gasteiger partial charge in [-0.05, 0) is 49.6 Å². The van der Waals surface area contributed by atoms with E-state index in [2.05, 4.69) is 5.32 Å². The Morgan fingerprint density at radius 3 is 2.38 bits per heavy atom. The third-order valence-corrected chi connectivity index (χ3v) is 4.80. The lowest BCUT2D eigenvalue weighted by atomic mass is 10.1. The Bertz CT molecular complexity index is 765. The summed E-state index contributed by atoms with van der Waals surface area (Å²) in [5.41, 5.74) is 1.00. The van der Waals surface area contributed by atoms with Gasteiger partial charge in [0.1, 0.15) is 11.8 Å². The summed E-state index contributed by atoms with van der Waals surface area (Å²) in [7, 11) is 0. The maximum absolute atomic E-state index is 13.0. The molecule has 2 rings (SSSR count). The van der Waals surface area contributed by atoms with Crippen LogP contribution in [0.3, 0.4) is 0 Å². The summed E-state index contributed by atoms with van der Waals surface area (Å²) in [4.78, 5) is 27.2. The summed E-state index contributed by atoms with van der Waals surface area (Å²) in [6.07, 6.45) is 1.45. The Morgan fingerprint density at radius 2 is 1.76 bits per heavy atom. The molecule has 0 saturated heterocycles. The largest absolute Gasteiger partial charge is 0.494 e. The number of rotatable bonds is 11. The van der Waals surface area contributed by atoms with Gasteiger partial charge in [-0.3, -0.25) is 9.59 Å². The highest BCUT2D eigenvalue weighted by Gasteiger charge is 2.27. The lowest BCUT2D eigenvalue weighted by Gasteiger charge is -2.30. The summed E-state index contributed by atoms with van der Waals surface area (Å²) in [5, 5.41) is 3.50. The molecule has 2 aromatic carbocycles. The molecule has 0 heterocycles. The van der Waals surface area contributed by atoms with Crippen molar-refractivity contribution in [2.24, 2.45) is 0 Å². The normalized spacial score (nSPS) is 11.6. The average Bonchev–Trinajstić information content (AvgIpc) is 2.73. The highest BCUT2D eigenvalue weighted by molar-refractivity contribution is 6.30. The van der Waals surface area contributed by atoms with Crippen LogP contribution in [0.1, 0.15) is 38.7 Å². The van der Waals surface area contributed by atoms with Crippen LogP contribution in [0.15, 0.2) is 54.6 Å². The number of hydrogen-bond acceptors (Lipinski definition) is 3. The predicted molar refractivity (Wildman–Crippen MR) is 116 cm³/mol. The number of halogens is 1. The zero-order chi connectivity index (χ0) is 21.1. The van der Waals surface area contributed by atoms with Gasteiger partial charge in [-0.1, -0.05) is 48.9 Å². The Labute approximate surface area is 178 Å². The van der Waals surface area contributed by atoms with Gasteiger partial charge in [0.15, 0.2) is 0 Å². The first-order valence-electron chi connectivity index (χ1n) is 10.0. The molecule has 5 nitrogen and oxygen atoms in total. The van der Waals surface area contributed by atoms with Crippen molar-refractivity contribution < 1.29 is 14.3 Å². The Balaban J connectivity index is 1.98. The molecule has 0 bridgehead atoms. The van der Waals surface area contributed by atoms with Crippen LogP contribution >= 0.6 is 11.6 Å². The zero-order valence-corrected chi connectivity index (χ0v) is 17.8. The third kappa shape index (κ3) is 7.42. The van der Waals surface area contributed by atoms with E-state index < -0.39 is 6.04 Å². The van der Waals surface area contributed by atoms with E-state index in [1.54, 1.807) is 29.2 Å². The molecule has 0 fully saturated rings. The molecule has 2 aromatic rings. The van der Waals surface area contributed by atoms with Crippen molar-refractivity contribution in [1.82, 2.24) is 10.2 Å². The van der Waals surface area contributed by atoms with Gasteiger partial charge in [-0.25, -0.2) is 0 Å². The molecule has 1 N–H and O–H groups in total. The molecular formula is C23H29ClN2O3. The molecule has 0 unspecified atom stereocenters. The highest BCUT2D eigenvalue weighted by atomic mass is 35.5. The molecular weight excluding hydrogens is 388 g/mol. The van der Waals surface area contributed by atoms with E-state index in [0.717, 1.165) is 11.3 Å². The van der Waals surface area contributed by atoms with E-state index in [1.165, 1.54) is 0 Å². The predicted octanol–water partition coefficient (Wildman–Crippen LogP) is 4.44. The minimum absolute atomic E-state index is 0.0494. The van der Waals surface area contributed by atoms with Gasteiger partial charge in [0.2, 0.25) is 11.8 Å². The van der Waals surface area contributed by atoms with Crippen molar-refractivity contribution in [3.05, 3.63) is 65.2 Å². The summed E-state index contributed by atoms with van der Waals surface area (Å²) < 4.78 is 5.67. The highest BCUT2D eigenvalue weighted by Crippen LogP contribution is 2.17. The molecule has 0 spiro atoms. The topological polar surface area (TPSA) is 58.6 Å². The van der Waals surface area contributed by atoms with Crippen molar-refractivity contribution in [2.45, 2.75) is 45.7 Å². The Morgan fingerprint density at radius 1 is 1.07 bits per heavy atom. The van der Waals surface area contributed by atoms with E-state index in [4.69, 9.17) is 16.3 Å². The van der Waals surface area contributed by atoms with Crippen LogP contribution in [0.2, 0.25) is 5.02 Å². The fraction of sp³-hybridized carbons (Fsp3) is 0.391. The SMILES string of the molecule is CCNC(=O)[C@H](CC)N(Cc1ccccc1)C(=O)CCCOc1ccc(Cl)cc1. The van der Waals surface area contributed by atoms with Crippen molar-refractivity contribution >= 4 is 23.4 Å². The summed E-state index contributed by atoms with van der Waals surface area (Å²) in [6, 6.07) is 16.4. The van der Waals surface area contributed by atoms with Crippen LogP contribution in [0, 0.1) is 0 Å².